The summed E-state index contributed by atoms with van der Waals surface area (Å²) >= 11 is 0. The van der Waals surface area contributed by atoms with Gasteiger partial charge in [0.25, 0.3) is 5.91 Å². The van der Waals surface area contributed by atoms with Gasteiger partial charge in [0.2, 0.25) is 0 Å². The molecule has 1 fully saturated rings. The highest BCUT2D eigenvalue weighted by atomic mass is 35.5. The Morgan fingerprint density at radius 1 is 0.853 bits per heavy atom. The zero-order chi connectivity index (χ0) is 22.8. The number of halogens is 1. The van der Waals surface area contributed by atoms with Crippen LogP contribution in [0.25, 0.3) is 0 Å². The molecule has 1 saturated heterocycles. The van der Waals surface area contributed by atoms with Crippen molar-refractivity contribution in [3.63, 3.8) is 0 Å². The number of fused-ring (bicyclic) bond motifs is 1. The average molecular weight is 476 g/mol. The van der Waals surface area contributed by atoms with Gasteiger partial charge < -0.3 is 4.90 Å². The molecule has 0 radical (unpaired) electrons. The number of hydrogen-bond donors (Lipinski definition) is 0. The number of hydrogen-bond acceptors (Lipinski definition) is 3. The number of amides is 1. The van der Waals surface area contributed by atoms with Crippen LogP contribution in [0.3, 0.4) is 0 Å². The summed E-state index contributed by atoms with van der Waals surface area (Å²) in [6, 6.07) is 29.6. The maximum Gasteiger partial charge on any atom is 0.256 e. The zero-order valence-electron chi connectivity index (χ0n) is 20.1. The van der Waals surface area contributed by atoms with Gasteiger partial charge in [-0.25, -0.2) is 10.0 Å². The molecule has 178 valence electrons. The fourth-order valence-electron chi connectivity index (χ4n) is 5.75. The summed E-state index contributed by atoms with van der Waals surface area (Å²) in [7, 11) is 3.90. The van der Waals surface area contributed by atoms with Gasteiger partial charge in [0.15, 0.2) is 0 Å². The van der Waals surface area contributed by atoms with Gasteiger partial charge >= 0.3 is 0 Å². The molecular formula is C29H34ClN3O. The lowest BCUT2D eigenvalue weighted by molar-refractivity contribution is -0.124. The number of rotatable bonds is 6. The van der Waals surface area contributed by atoms with Crippen LogP contribution in [-0.4, -0.2) is 49.5 Å². The van der Waals surface area contributed by atoms with Gasteiger partial charge in [0, 0.05) is 14.1 Å². The number of carbonyl (C=O) groups excluding carboxylic acids is 1. The normalized spacial score (nSPS) is 20.9. The van der Waals surface area contributed by atoms with E-state index in [9.17, 15) is 4.79 Å². The number of carbonyl (C=O) groups is 1. The largest absolute Gasteiger partial charge is 0.303 e. The highest BCUT2D eigenvalue weighted by Gasteiger charge is 2.52. The van der Waals surface area contributed by atoms with E-state index in [1.165, 1.54) is 18.4 Å². The Balaban J connectivity index is 0.00000274. The van der Waals surface area contributed by atoms with Crippen LogP contribution in [0.2, 0.25) is 0 Å². The number of hydrazine groups is 1. The molecule has 0 spiro atoms. The molecule has 3 aromatic carbocycles. The lowest BCUT2D eigenvalue weighted by Gasteiger charge is -2.36. The van der Waals surface area contributed by atoms with Gasteiger partial charge in [0.1, 0.15) is 5.41 Å². The van der Waals surface area contributed by atoms with Crippen LogP contribution >= 0.6 is 12.4 Å². The van der Waals surface area contributed by atoms with Gasteiger partial charge in [-0.3, -0.25) is 4.79 Å². The maximum atomic E-state index is 14.1. The van der Waals surface area contributed by atoms with Crippen molar-refractivity contribution in [2.75, 3.05) is 38.7 Å². The topological polar surface area (TPSA) is 26.8 Å². The SMILES string of the molecule is CN(C)N1C(=O)C(CCN2CCC(c3ccccc3)CC2)(c2ccccc2)c2ccccc21.Cl. The second-order valence-electron chi connectivity index (χ2n) is 9.53. The van der Waals surface area contributed by atoms with E-state index in [1.807, 2.05) is 36.2 Å². The van der Waals surface area contributed by atoms with Crippen LogP contribution in [0, 0.1) is 0 Å². The van der Waals surface area contributed by atoms with Gasteiger partial charge in [-0.15, -0.1) is 12.4 Å². The number of anilines is 1. The molecule has 0 aromatic heterocycles. The summed E-state index contributed by atoms with van der Waals surface area (Å²) in [5.41, 5.74) is 4.01. The molecule has 4 nitrogen and oxygen atoms in total. The smallest absolute Gasteiger partial charge is 0.256 e. The standard InChI is InChI=1S/C29H33N3O.ClH/c1-30(2)32-27-16-10-9-15-26(27)29(28(32)33,25-13-7-4-8-14-25)19-22-31-20-17-24(18-21-31)23-11-5-3-6-12-23;/h3-16,24H,17-22H2,1-2H3;1H. The van der Waals surface area contributed by atoms with Crippen molar-refractivity contribution in [1.29, 1.82) is 0 Å². The molecule has 2 heterocycles. The van der Waals surface area contributed by atoms with Crippen LogP contribution < -0.4 is 5.01 Å². The first-order valence-corrected chi connectivity index (χ1v) is 12.1. The van der Waals surface area contributed by atoms with Gasteiger partial charge in [-0.2, -0.15) is 0 Å². The minimum absolute atomic E-state index is 0. The first-order valence-electron chi connectivity index (χ1n) is 12.1. The van der Waals surface area contributed by atoms with Crippen molar-refractivity contribution in [1.82, 2.24) is 9.91 Å². The molecular weight excluding hydrogens is 442 g/mol. The minimum Gasteiger partial charge on any atom is -0.303 e. The number of likely N-dealkylation sites (tertiary alicyclic amines) is 1. The van der Waals surface area contributed by atoms with Gasteiger partial charge in [-0.05, 0) is 67.6 Å². The van der Waals surface area contributed by atoms with E-state index in [1.54, 1.807) is 0 Å². The molecule has 1 unspecified atom stereocenters. The predicted molar refractivity (Wildman–Crippen MR) is 142 cm³/mol. The number of nitrogens with zero attached hydrogens (tertiary/aromatic N) is 3. The first-order chi connectivity index (χ1) is 16.1. The molecule has 3 aromatic rings. The van der Waals surface area contributed by atoms with Crippen molar-refractivity contribution in [3.05, 3.63) is 102 Å². The molecule has 0 bridgehead atoms. The van der Waals surface area contributed by atoms with Gasteiger partial charge in [-0.1, -0.05) is 78.9 Å². The summed E-state index contributed by atoms with van der Waals surface area (Å²) in [6.07, 6.45) is 3.14. The predicted octanol–water partition coefficient (Wildman–Crippen LogP) is 5.49. The quantitative estimate of drug-likeness (QED) is 0.471. The monoisotopic (exact) mass is 475 g/mol. The Hall–Kier alpha value is -2.66. The van der Waals surface area contributed by atoms with E-state index >= 15 is 0 Å². The third kappa shape index (κ3) is 4.26. The lowest BCUT2D eigenvalue weighted by Crippen LogP contribution is -2.48. The van der Waals surface area contributed by atoms with E-state index in [2.05, 4.69) is 77.7 Å². The summed E-state index contributed by atoms with van der Waals surface area (Å²) < 4.78 is 0. The molecule has 1 atom stereocenters. The fourth-order valence-corrected chi connectivity index (χ4v) is 5.75. The molecule has 5 heteroatoms. The molecule has 5 rings (SSSR count). The van der Waals surface area contributed by atoms with Crippen molar-refractivity contribution < 1.29 is 4.79 Å². The first kappa shape index (κ1) is 24.5. The van der Waals surface area contributed by atoms with Crippen LogP contribution in [0.4, 0.5) is 5.69 Å². The second-order valence-corrected chi connectivity index (χ2v) is 9.53. The number of para-hydroxylation sites is 1. The number of piperidine rings is 1. The van der Waals surface area contributed by atoms with Crippen molar-refractivity contribution >= 4 is 24.0 Å². The van der Waals surface area contributed by atoms with E-state index in [0.29, 0.717) is 5.92 Å². The summed E-state index contributed by atoms with van der Waals surface area (Å²) in [5.74, 6) is 0.794. The Bertz CT molecular complexity index is 1100. The molecule has 2 aliphatic heterocycles. The fraction of sp³-hybridized carbons (Fsp3) is 0.345. The number of benzene rings is 3. The Morgan fingerprint density at radius 2 is 1.44 bits per heavy atom. The van der Waals surface area contributed by atoms with Crippen LogP contribution in [-0.2, 0) is 10.2 Å². The second kappa shape index (κ2) is 10.3. The molecule has 0 N–H and O–H groups in total. The van der Waals surface area contributed by atoms with E-state index < -0.39 is 5.41 Å². The van der Waals surface area contributed by atoms with Crippen molar-refractivity contribution in [2.45, 2.75) is 30.6 Å². The zero-order valence-corrected chi connectivity index (χ0v) is 20.9. The van der Waals surface area contributed by atoms with Crippen molar-refractivity contribution in [3.8, 4) is 0 Å². The summed E-state index contributed by atoms with van der Waals surface area (Å²) in [6.45, 7) is 3.08. The third-order valence-corrected chi connectivity index (χ3v) is 7.48. The van der Waals surface area contributed by atoms with Crippen molar-refractivity contribution in [2.24, 2.45) is 0 Å². The lowest BCUT2D eigenvalue weighted by atomic mass is 9.72. The van der Waals surface area contributed by atoms with Crippen LogP contribution in [0.5, 0.6) is 0 Å². The average Bonchev–Trinajstić information content (AvgIpc) is 3.12. The molecule has 34 heavy (non-hydrogen) atoms. The molecule has 0 saturated carbocycles. The van der Waals surface area contributed by atoms with Crippen LogP contribution in [0.1, 0.15) is 41.9 Å². The minimum atomic E-state index is -0.654. The highest BCUT2D eigenvalue weighted by Crippen LogP contribution is 2.48. The van der Waals surface area contributed by atoms with E-state index in [4.69, 9.17) is 0 Å². The Labute approximate surface area is 209 Å². The van der Waals surface area contributed by atoms with E-state index in [-0.39, 0.29) is 18.3 Å². The van der Waals surface area contributed by atoms with E-state index in [0.717, 1.165) is 42.9 Å². The Kier molecular flexibility index (Phi) is 7.42. The van der Waals surface area contributed by atoms with Gasteiger partial charge in [0.05, 0.1) is 5.69 Å². The summed E-state index contributed by atoms with van der Waals surface area (Å²) in [4.78, 5) is 16.7. The molecule has 0 aliphatic carbocycles. The molecule has 1 amide bonds. The third-order valence-electron chi connectivity index (χ3n) is 7.48. The Morgan fingerprint density at radius 3 is 2.09 bits per heavy atom. The molecule has 2 aliphatic rings. The summed E-state index contributed by atoms with van der Waals surface area (Å²) in [5, 5.41) is 3.77. The highest BCUT2D eigenvalue weighted by molar-refractivity contribution is 6.09. The van der Waals surface area contributed by atoms with Crippen LogP contribution in [0.15, 0.2) is 84.9 Å². The maximum absolute atomic E-state index is 14.1.